The molecule has 2 rings (SSSR count). The molecule has 2 nitrogen and oxygen atoms in total. The molecule has 1 aromatic rings. The summed E-state index contributed by atoms with van der Waals surface area (Å²) in [6, 6.07) is 0. The Morgan fingerprint density at radius 3 is 2.26 bits per heavy atom. The van der Waals surface area contributed by atoms with Gasteiger partial charge in [-0.15, -0.1) is 11.3 Å². The molecule has 0 atom stereocenters. The average Bonchev–Trinajstić information content (AvgIpc) is 2.74. The molecular weight excluding hydrogens is 252 g/mol. The lowest BCUT2D eigenvalue weighted by atomic mass is 9.69. The molecule has 1 aliphatic carbocycles. The van der Waals surface area contributed by atoms with Gasteiger partial charge in [-0.05, 0) is 51.0 Å². The molecule has 0 amide bonds. The number of thiazole rings is 1. The predicted molar refractivity (Wildman–Crippen MR) is 83.8 cm³/mol. The zero-order valence-electron chi connectivity index (χ0n) is 13.1. The van der Waals surface area contributed by atoms with Crippen LogP contribution in [0.5, 0.6) is 0 Å². The monoisotopic (exact) mass is 280 g/mol. The van der Waals surface area contributed by atoms with Crippen LogP contribution in [0.4, 0.5) is 0 Å². The van der Waals surface area contributed by atoms with Gasteiger partial charge >= 0.3 is 0 Å². The number of rotatable bonds is 4. The number of hydrogen-bond acceptors (Lipinski definition) is 3. The van der Waals surface area contributed by atoms with Gasteiger partial charge in [0.25, 0.3) is 0 Å². The van der Waals surface area contributed by atoms with Gasteiger partial charge in [-0.25, -0.2) is 4.98 Å². The minimum atomic E-state index is 0.146. The zero-order valence-corrected chi connectivity index (χ0v) is 13.9. The summed E-state index contributed by atoms with van der Waals surface area (Å²) in [4.78, 5) is 6.35. The van der Waals surface area contributed by atoms with Gasteiger partial charge in [0.15, 0.2) is 0 Å². The smallest absolute Gasteiger partial charge is 0.113 e. The van der Waals surface area contributed by atoms with Crippen molar-refractivity contribution in [3.05, 3.63) is 15.6 Å². The van der Waals surface area contributed by atoms with E-state index < -0.39 is 0 Å². The molecule has 1 heterocycles. The van der Waals surface area contributed by atoms with Crippen LogP contribution in [-0.4, -0.2) is 11.5 Å². The number of aryl methyl sites for hydroxylation is 2. The van der Waals surface area contributed by atoms with E-state index >= 15 is 0 Å². The summed E-state index contributed by atoms with van der Waals surface area (Å²) in [5.74, 6) is 0. The van der Waals surface area contributed by atoms with Gasteiger partial charge in [-0.2, -0.15) is 0 Å². The number of hydrogen-bond donors (Lipinski definition) is 1. The first-order chi connectivity index (χ1) is 8.92. The van der Waals surface area contributed by atoms with Crippen LogP contribution in [0.1, 0.15) is 69.0 Å². The van der Waals surface area contributed by atoms with Gasteiger partial charge in [0.05, 0.1) is 11.2 Å². The highest BCUT2D eigenvalue weighted by molar-refractivity contribution is 7.11. The molecule has 1 N–H and O–H groups in total. The molecule has 0 radical (unpaired) electrons. The molecule has 108 valence electrons. The highest BCUT2D eigenvalue weighted by atomic mass is 32.1. The van der Waals surface area contributed by atoms with E-state index in [4.69, 9.17) is 4.98 Å². The Hall–Kier alpha value is -0.410. The fourth-order valence-corrected chi connectivity index (χ4v) is 4.34. The molecule has 0 spiro atoms. The summed E-state index contributed by atoms with van der Waals surface area (Å²) in [6.45, 7) is 12.5. The lowest BCUT2D eigenvalue weighted by Gasteiger charge is -2.43. The molecule has 0 saturated heterocycles. The minimum absolute atomic E-state index is 0.146. The molecule has 0 aliphatic heterocycles. The van der Waals surface area contributed by atoms with Gasteiger partial charge < -0.3 is 5.32 Å². The van der Waals surface area contributed by atoms with Crippen LogP contribution in [0.3, 0.4) is 0 Å². The van der Waals surface area contributed by atoms with E-state index in [0.29, 0.717) is 5.41 Å². The number of nitrogens with one attached hydrogen (secondary N) is 1. The third-order valence-corrected chi connectivity index (χ3v) is 5.83. The van der Waals surface area contributed by atoms with Gasteiger partial charge in [-0.1, -0.05) is 27.7 Å². The van der Waals surface area contributed by atoms with Crippen LogP contribution < -0.4 is 5.32 Å². The minimum Gasteiger partial charge on any atom is -0.306 e. The molecular formula is C16H28N2S. The van der Waals surface area contributed by atoms with E-state index in [9.17, 15) is 0 Å². The first-order valence-corrected chi connectivity index (χ1v) is 8.46. The van der Waals surface area contributed by atoms with Crippen LogP contribution in [0.25, 0.3) is 0 Å². The standard InChI is InChI=1S/C16H28N2S/c1-6-13-12(3)19-14(18-13)16(17-7-2)10-8-15(4,5)9-11-16/h17H,6-11H2,1-5H3. The lowest BCUT2D eigenvalue weighted by Crippen LogP contribution is -2.46. The van der Waals surface area contributed by atoms with Crippen molar-refractivity contribution in [2.24, 2.45) is 5.41 Å². The van der Waals surface area contributed by atoms with Crippen LogP contribution >= 0.6 is 11.3 Å². The van der Waals surface area contributed by atoms with Gasteiger partial charge in [0, 0.05) is 4.88 Å². The highest BCUT2D eigenvalue weighted by Gasteiger charge is 2.41. The van der Waals surface area contributed by atoms with Crippen molar-refractivity contribution in [2.75, 3.05) is 6.54 Å². The fraction of sp³-hybridized carbons (Fsp3) is 0.812. The van der Waals surface area contributed by atoms with Gasteiger partial charge in [0.2, 0.25) is 0 Å². The fourth-order valence-electron chi connectivity index (χ4n) is 3.12. The summed E-state index contributed by atoms with van der Waals surface area (Å²) < 4.78 is 0. The topological polar surface area (TPSA) is 24.9 Å². The van der Waals surface area contributed by atoms with E-state index in [1.807, 2.05) is 11.3 Å². The second-order valence-electron chi connectivity index (χ2n) is 6.65. The van der Waals surface area contributed by atoms with Crippen molar-refractivity contribution < 1.29 is 0 Å². The Bertz CT molecular complexity index is 424. The molecule has 1 aliphatic rings. The molecule has 0 bridgehead atoms. The van der Waals surface area contributed by atoms with Crippen LogP contribution in [0, 0.1) is 12.3 Å². The summed E-state index contributed by atoms with van der Waals surface area (Å²) in [7, 11) is 0. The molecule has 19 heavy (non-hydrogen) atoms. The predicted octanol–water partition coefficient (Wildman–Crippen LogP) is 4.42. The van der Waals surface area contributed by atoms with Crippen molar-refractivity contribution in [1.82, 2.24) is 10.3 Å². The van der Waals surface area contributed by atoms with Gasteiger partial charge in [-0.3, -0.25) is 0 Å². The van der Waals surface area contributed by atoms with Crippen LogP contribution in [-0.2, 0) is 12.0 Å². The zero-order chi connectivity index (χ0) is 14.1. The van der Waals surface area contributed by atoms with Crippen molar-refractivity contribution in [3.8, 4) is 0 Å². The Kier molecular flexibility index (Phi) is 4.36. The first-order valence-electron chi connectivity index (χ1n) is 7.64. The number of nitrogens with zero attached hydrogens (tertiary/aromatic N) is 1. The summed E-state index contributed by atoms with van der Waals surface area (Å²) in [5, 5.41) is 5.10. The molecule has 1 fully saturated rings. The van der Waals surface area contributed by atoms with E-state index in [0.717, 1.165) is 13.0 Å². The largest absolute Gasteiger partial charge is 0.306 e. The number of aromatic nitrogens is 1. The normalized spacial score (nSPS) is 21.5. The van der Waals surface area contributed by atoms with Crippen molar-refractivity contribution >= 4 is 11.3 Å². The third kappa shape index (κ3) is 3.03. The van der Waals surface area contributed by atoms with Crippen LogP contribution in [0.15, 0.2) is 0 Å². The Morgan fingerprint density at radius 2 is 1.79 bits per heavy atom. The summed E-state index contributed by atoms with van der Waals surface area (Å²) in [5.41, 5.74) is 1.94. The third-order valence-electron chi connectivity index (χ3n) is 4.61. The van der Waals surface area contributed by atoms with Crippen molar-refractivity contribution in [3.63, 3.8) is 0 Å². The molecule has 3 heteroatoms. The quantitative estimate of drug-likeness (QED) is 0.883. The first kappa shape index (κ1) is 15.0. The average molecular weight is 280 g/mol. The van der Waals surface area contributed by atoms with Crippen molar-refractivity contribution in [2.45, 2.75) is 72.3 Å². The van der Waals surface area contributed by atoms with Crippen molar-refractivity contribution in [1.29, 1.82) is 0 Å². The molecule has 1 saturated carbocycles. The maximum atomic E-state index is 4.95. The maximum absolute atomic E-state index is 4.95. The second kappa shape index (κ2) is 5.53. The Balaban J connectivity index is 2.29. The molecule has 1 aromatic heterocycles. The maximum Gasteiger partial charge on any atom is 0.113 e. The molecule has 0 unspecified atom stereocenters. The Labute approximate surface area is 122 Å². The second-order valence-corrected chi connectivity index (χ2v) is 7.86. The lowest BCUT2D eigenvalue weighted by molar-refractivity contribution is 0.135. The highest BCUT2D eigenvalue weighted by Crippen LogP contribution is 2.46. The van der Waals surface area contributed by atoms with Crippen LogP contribution in [0.2, 0.25) is 0 Å². The van der Waals surface area contributed by atoms with E-state index in [1.165, 1.54) is 41.3 Å². The van der Waals surface area contributed by atoms with E-state index in [1.54, 1.807) is 0 Å². The van der Waals surface area contributed by atoms with E-state index in [-0.39, 0.29) is 5.54 Å². The Morgan fingerprint density at radius 1 is 1.16 bits per heavy atom. The van der Waals surface area contributed by atoms with E-state index in [2.05, 4.69) is 39.9 Å². The SMILES string of the molecule is CCNC1(c2nc(CC)c(C)s2)CCC(C)(C)CC1. The van der Waals surface area contributed by atoms with Gasteiger partial charge in [0.1, 0.15) is 5.01 Å². The molecule has 0 aromatic carbocycles. The summed E-state index contributed by atoms with van der Waals surface area (Å²) >= 11 is 1.91. The summed E-state index contributed by atoms with van der Waals surface area (Å²) in [6.07, 6.45) is 6.09.